The number of morpholine rings is 2. The molecule has 2 saturated heterocycles. The first-order valence-corrected chi connectivity index (χ1v) is 23.2. The van der Waals surface area contributed by atoms with E-state index < -0.39 is 0 Å². The van der Waals surface area contributed by atoms with Gasteiger partial charge in [-0.3, -0.25) is 9.97 Å². The summed E-state index contributed by atoms with van der Waals surface area (Å²) in [5.74, 6) is 1.20. The molecule has 0 atom stereocenters. The van der Waals surface area contributed by atoms with Crippen LogP contribution in [0.1, 0.15) is 99.1 Å². The number of nitrogens with one attached hydrogen (secondary N) is 1. The van der Waals surface area contributed by atoms with Gasteiger partial charge in [-0.1, -0.05) is 39.3 Å². The lowest BCUT2D eigenvalue weighted by Crippen LogP contribution is -2.36. The molecule has 10 heterocycles. The number of aromatic nitrogens is 6. The van der Waals surface area contributed by atoms with E-state index in [1.54, 1.807) is 6.20 Å². The fraction of sp³-hybridized carbons (Fsp3) is 0.480. The van der Waals surface area contributed by atoms with Crippen molar-refractivity contribution < 1.29 is 9.47 Å². The number of halogens is 1. The SMILES string of the molecule is CC1(C)CNc2cc(N3CCOCC3)cnc21.Cc1c(C2CC2)nc2ncccc2c1Cl.Cc1c(C2CC2)nc2ncccc2c1N1CC(C)(C)c2ncc(N3CCOCC3)cc21. The third kappa shape index (κ3) is 8.26. The number of hydrogen-bond acceptors (Lipinski definition) is 12. The van der Waals surface area contributed by atoms with Crippen molar-refractivity contribution in [2.24, 2.45) is 0 Å². The zero-order chi connectivity index (χ0) is 43.5. The first-order valence-electron chi connectivity index (χ1n) is 22.8. The van der Waals surface area contributed by atoms with Gasteiger partial charge >= 0.3 is 0 Å². The van der Waals surface area contributed by atoms with Gasteiger partial charge in [-0.2, -0.15) is 0 Å². The second-order valence-electron chi connectivity index (χ2n) is 19.3. The Labute approximate surface area is 375 Å². The summed E-state index contributed by atoms with van der Waals surface area (Å²) in [7, 11) is 0. The molecule has 1 N–H and O–H groups in total. The molecule has 0 bridgehead atoms. The minimum absolute atomic E-state index is 0.0249. The van der Waals surface area contributed by atoms with E-state index in [0.29, 0.717) is 11.8 Å². The largest absolute Gasteiger partial charge is 0.383 e. The van der Waals surface area contributed by atoms with Crippen molar-refractivity contribution in [3.05, 3.63) is 100 Å². The molecule has 4 aliphatic heterocycles. The Hall–Kier alpha value is -5.17. The first kappa shape index (κ1) is 41.8. The van der Waals surface area contributed by atoms with E-state index in [4.69, 9.17) is 31.0 Å². The summed E-state index contributed by atoms with van der Waals surface area (Å²) in [6.45, 7) is 22.2. The van der Waals surface area contributed by atoms with Gasteiger partial charge in [0.05, 0.1) is 95.1 Å². The Balaban J connectivity index is 0.000000124. The second kappa shape index (κ2) is 16.8. The van der Waals surface area contributed by atoms with E-state index >= 15 is 0 Å². The van der Waals surface area contributed by atoms with Gasteiger partial charge in [0.25, 0.3) is 0 Å². The average Bonchev–Trinajstić information content (AvgIpc) is 4.26. The van der Waals surface area contributed by atoms with Crippen LogP contribution in [0.5, 0.6) is 0 Å². The van der Waals surface area contributed by atoms with Crippen LogP contribution in [0.25, 0.3) is 22.1 Å². The van der Waals surface area contributed by atoms with Gasteiger partial charge in [0.1, 0.15) is 0 Å². The third-order valence-electron chi connectivity index (χ3n) is 13.5. The lowest BCUT2D eigenvalue weighted by molar-refractivity contribution is 0.122. The van der Waals surface area contributed by atoms with Crippen LogP contribution in [0, 0.1) is 13.8 Å². The smallest absolute Gasteiger partial charge is 0.161 e. The van der Waals surface area contributed by atoms with Gasteiger partial charge in [0.15, 0.2) is 11.3 Å². The summed E-state index contributed by atoms with van der Waals surface area (Å²) in [5, 5.41) is 6.35. The first-order chi connectivity index (χ1) is 30.5. The number of ether oxygens (including phenoxy) is 2. The maximum atomic E-state index is 6.32. The van der Waals surface area contributed by atoms with E-state index in [1.165, 1.54) is 76.8 Å². The molecule has 6 aliphatic rings. The van der Waals surface area contributed by atoms with Crippen molar-refractivity contribution in [3.63, 3.8) is 0 Å². The molecule has 0 unspecified atom stereocenters. The maximum Gasteiger partial charge on any atom is 0.161 e. The van der Waals surface area contributed by atoms with Gasteiger partial charge < -0.3 is 29.5 Å². The molecule has 2 aliphatic carbocycles. The lowest BCUT2D eigenvalue weighted by Gasteiger charge is -2.30. The summed E-state index contributed by atoms with van der Waals surface area (Å²) in [6.07, 6.45) is 12.6. The van der Waals surface area contributed by atoms with Crippen LogP contribution in [-0.2, 0) is 20.3 Å². The Morgan fingerprint density at radius 1 is 0.667 bits per heavy atom. The van der Waals surface area contributed by atoms with Gasteiger partial charge in [-0.15, -0.1) is 0 Å². The van der Waals surface area contributed by atoms with Crippen LogP contribution < -0.4 is 20.0 Å². The van der Waals surface area contributed by atoms with Gasteiger partial charge in [-0.05, 0) is 87.1 Å². The number of fused-ring (bicyclic) bond motifs is 4. The molecule has 12 nitrogen and oxygen atoms in total. The molecule has 12 rings (SSSR count). The number of anilines is 5. The van der Waals surface area contributed by atoms with E-state index in [0.717, 1.165) is 104 Å². The molecule has 0 amide bonds. The Morgan fingerprint density at radius 3 is 1.81 bits per heavy atom. The molecule has 4 fully saturated rings. The van der Waals surface area contributed by atoms with Crippen LogP contribution in [0.3, 0.4) is 0 Å². The van der Waals surface area contributed by atoms with Crippen molar-refractivity contribution in [2.75, 3.05) is 85.7 Å². The van der Waals surface area contributed by atoms with Crippen molar-refractivity contribution in [2.45, 2.75) is 89.9 Å². The average molecular weight is 868 g/mol. The minimum atomic E-state index is -0.0249. The zero-order valence-electron chi connectivity index (χ0n) is 37.5. The fourth-order valence-corrected chi connectivity index (χ4v) is 9.90. The predicted octanol–water partition coefficient (Wildman–Crippen LogP) is 9.57. The van der Waals surface area contributed by atoms with Crippen molar-refractivity contribution in [1.29, 1.82) is 0 Å². The third-order valence-corrected chi connectivity index (χ3v) is 14.0. The number of pyridine rings is 6. The zero-order valence-corrected chi connectivity index (χ0v) is 38.3. The summed E-state index contributed by atoms with van der Waals surface area (Å²) in [5.41, 5.74) is 15.0. The van der Waals surface area contributed by atoms with E-state index in [1.807, 2.05) is 36.8 Å². The van der Waals surface area contributed by atoms with Crippen LogP contribution in [0.4, 0.5) is 28.4 Å². The number of nitrogens with zero attached hydrogens (tertiary/aromatic N) is 9. The Bertz CT molecular complexity index is 2670. The number of rotatable bonds is 5. The van der Waals surface area contributed by atoms with Crippen LogP contribution in [0.15, 0.2) is 61.2 Å². The summed E-state index contributed by atoms with van der Waals surface area (Å²) < 4.78 is 10.9. The van der Waals surface area contributed by atoms with Crippen LogP contribution in [0.2, 0.25) is 5.02 Å². The molecule has 2 saturated carbocycles. The summed E-state index contributed by atoms with van der Waals surface area (Å²) in [4.78, 5) is 35.3. The van der Waals surface area contributed by atoms with E-state index in [-0.39, 0.29) is 10.8 Å². The lowest BCUT2D eigenvalue weighted by atomic mass is 9.91. The van der Waals surface area contributed by atoms with Crippen molar-refractivity contribution >= 4 is 62.1 Å². The monoisotopic (exact) mass is 866 g/mol. The normalized spacial score (nSPS) is 19.8. The molecule has 13 heteroatoms. The van der Waals surface area contributed by atoms with Crippen molar-refractivity contribution in [1.82, 2.24) is 29.9 Å². The Kier molecular flexibility index (Phi) is 11.1. The van der Waals surface area contributed by atoms with E-state index in [2.05, 4.69) is 99.7 Å². The number of hydrogen-bond donors (Lipinski definition) is 1. The predicted molar refractivity (Wildman–Crippen MR) is 254 cm³/mol. The van der Waals surface area contributed by atoms with Gasteiger partial charge in [-0.25, -0.2) is 19.9 Å². The highest BCUT2D eigenvalue weighted by atomic mass is 35.5. The molecule has 0 radical (unpaired) electrons. The molecule has 0 spiro atoms. The van der Waals surface area contributed by atoms with Crippen molar-refractivity contribution in [3.8, 4) is 0 Å². The quantitative estimate of drug-likeness (QED) is 0.178. The highest BCUT2D eigenvalue weighted by molar-refractivity contribution is 6.36. The standard InChI is InChI=1S/C25H29N5O.C13H19N3O.C12H11ClN2/c1-16-21(17-6-7-17)28-24-19(5-4-8-26-24)22(16)30-15-25(2,3)23-20(30)13-18(14-27-23)29-9-11-31-12-10-29;1-13(2)9-15-11-7-10(8-14-12(11)13)16-3-5-17-6-4-16;1-7-10(13)9-3-2-6-14-12(9)15-11(7)8-4-5-8/h4-5,8,13-14,17H,6-7,9-12,15H2,1-3H3;7-8,15H,3-6,9H2,1-2H3;2-3,6,8H,4-5H2,1H3. The van der Waals surface area contributed by atoms with Crippen LogP contribution in [-0.4, -0.2) is 95.6 Å². The Morgan fingerprint density at radius 2 is 1.21 bits per heavy atom. The van der Waals surface area contributed by atoms with Crippen LogP contribution >= 0.6 is 11.6 Å². The van der Waals surface area contributed by atoms with Gasteiger partial charge in [0.2, 0.25) is 0 Å². The summed E-state index contributed by atoms with van der Waals surface area (Å²) in [6, 6.07) is 12.6. The van der Waals surface area contributed by atoms with Gasteiger partial charge in [0, 0.05) is 85.1 Å². The fourth-order valence-electron chi connectivity index (χ4n) is 9.66. The molecule has 328 valence electrons. The highest BCUT2D eigenvalue weighted by Crippen LogP contribution is 2.50. The minimum Gasteiger partial charge on any atom is -0.383 e. The van der Waals surface area contributed by atoms with E-state index in [9.17, 15) is 0 Å². The molecule has 0 aromatic carbocycles. The molecular formula is C50H59ClN10O2. The molecule has 63 heavy (non-hydrogen) atoms. The topological polar surface area (TPSA) is 118 Å². The molecule has 6 aromatic rings. The summed E-state index contributed by atoms with van der Waals surface area (Å²) >= 11 is 6.32. The molecular weight excluding hydrogens is 808 g/mol. The molecule has 6 aromatic heterocycles. The highest BCUT2D eigenvalue weighted by Gasteiger charge is 2.40. The maximum absolute atomic E-state index is 6.32. The second-order valence-corrected chi connectivity index (χ2v) is 19.6.